The lowest BCUT2D eigenvalue weighted by molar-refractivity contribution is -0.137. The standard InChI is InChI=1S/C25H32N2O4/c1-2-30-22-9-7-19(8-10-22)5-6-20-11-13-26(14-12-20)25(29)21-16-24(28)27(17-21)18-23-4-3-15-31-23/h3-4,7-10,15,20-21H,2,5-6,11-14,16-18H2,1H3. The lowest BCUT2D eigenvalue weighted by Crippen LogP contribution is -2.42. The van der Waals surface area contributed by atoms with Crippen LogP contribution in [0.2, 0.25) is 0 Å². The van der Waals surface area contributed by atoms with Gasteiger partial charge < -0.3 is 19.0 Å². The van der Waals surface area contributed by atoms with E-state index in [9.17, 15) is 9.59 Å². The van der Waals surface area contributed by atoms with E-state index in [2.05, 4.69) is 12.1 Å². The van der Waals surface area contributed by atoms with E-state index in [4.69, 9.17) is 9.15 Å². The molecule has 0 N–H and O–H groups in total. The van der Waals surface area contributed by atoms with Crippen molar-refractivity contribution in [2.45, 2.75) is 45.6 Å². The lowest BCUT2D eigenvalue weighted by Gasteiger charge is -2.33. The molecule has 4 rings (SSSR count). The molecule has 6 heteroatoms. The summed E-state index contributed by atoms with van der Waals surface area (Å²) in [6.45, 7) is 5.23. The second kappa shape index (κ2) is 10.0. The molecule has 0 saturated carbocycles. The maximum atomic E-state index is 13.0. The first kappa shape index (κ1) is 21.5. The number of piperidine rings is 1. The average molecular weight is 425 g/mol. The van der Waals surface area contributed by atoms with E-state index >= 15 is 0 Å². The number of benzene rings is 1. The van der Waals surface area contributed by atoms with Gasteiger partial charge in [0.15, 0.2) is 0 Å². The molecule has 31 heavy (non-hydrogen) atoms. The third kappa shape index (κ3) is 5.49. The highest BCUT2D eigenvalue weighted by molar-refractivity contribution is 5.89. The number of furan rings is 1. The molecular weight excluding hydrogens is 392 g/mol. The van der Waals surface area contributed by atoms with Gasteiger partial charge in [-0.2, -0.15) is 0 Å². The number of carbonyl (C=O) groups is 2. The Kier molecular flexibility index (Phi) is 6.95. The molecule has 2 saturated heterocycles. The largest absolute Gasteiger partial charge is 0.494 e. The fourth-order valence-electron chi connectivity index (χ4n) is 4.67. The number of hydrogen-bond acceptors (Lipinski definition) is 4. The van der Waals surface area contributed by atoms with E-state index in [-0.39, 0.29) is 17.7 Å². The first-order valence-electron chi connectivity index (χ1n) is 11.4. The average Bonchev–Trinajstić information content (AvgIpc) is 3.43. The molecule has 1 aromatic carbocycles. The fourth-order valence-corrected chi connectivity index (χ4v) is 4.67. The molecule has 2 aromatic rings. The third-order valence-electron chi connectivity index (χ3n) is 6.49. The summed E-state index contributed by atoms with van der Waals surface area (Å²) in [7, 11) is 0. The van der Waals surface area contributed by atoms with E-state index in [0.717, 1.165) is 50.3 Å². The summed E-state index contributed by atoms with van der Waals surface area (Å²) < 4.78 is 10.8. The van der Waals surface area contributed by atoms with Gasteiger partial charge in [0, 0.05) is 26.1 Å². The summed E-state index contributed by atoms with van der Waals surface area (Å²) >= 11 is 0. The van der Waals surface area contributed by atoms with Crippen molar-refractivity contribution < 1.29 is 18.7 Å². The number of amides is 2. The summed E-state index contributed by atoms with van der Waals surface area (Å²) in [5.74, 6) is 2.29. The Morgan fingerprint density at radius 2 is 1.94 bits per heavy atom. The number of aryl methyl sites for hydroxylation is 1. The fraction of sp³-hybridized carbons (Fsp3) is 0.520. The highest BCUT2D eigenvalue weighted by Gasteiger charge is 2.37. The molecule has 3 heterocycles. The SMILES string of the molecule is CCOc1ccc(CCC2CCN(C(=O)C3CC(=O)N(Cc4ccco4)C3)CC2)cc1. The molecule has 2 amide bonds. The summed E-state index contributed by atoms with van der Waals surface area (Å²) in [5, 5.41) is 0. The summed E-state index contributed by atoms with van der Waals surface area (Å²) in [4.78, 5) is 29.0. The van der Waals surface area contributed by atoms with Gasteiger partial charge in [-0.25, -0.2) is 0 Å². The van der Waals surface area contributed by atoms with Crippen LogP contribution < -0.4 is 4.74 Å². The molecule has 0 bridgehead atoms. The molecule has 2 aliphatic heterocycles. The number of nitrogens with zero attached hydrogens (tertiary/aromatic N) is 2. The second-order valence-corrected chi connectivity index (χ2v) is 8.64. The molecule has 1 aromatic heterocycles. The van der Waals surface area contributed by atoms with E-state index in [1.54, 1.807) is 11.2 Å². The Labute approximate surface area is 184 Å². The third-order valence-corrected chi connectivity index (χ3v) is 6.49. The molecule has 0 radical (unpaired) electrons. The van der Waals surface area contributed by atoms with Crippen molar-refractivity contribution >= 4 is 11.8 Å². The molecular formula is C25H32N2O4. The van der Waals surface area contributed by atoms with Crippen LogP contribution >= 0.6 is 0 Å². The molecule has 0 aliphatic carbocycles. The summed E-state index contributed by atoms with van der Waals surface area (Å²) in [5.41, 5.74) is 1.34. The van der Waals surface area contributed by atoms with Crippen LogP contribution in [-0.2, 0) is 22.6 Å². The number of ether oxygens (including phenoxy) is 1. The van der Waals surface area contributed by atoms with Gasteiger partial charge in [0.1, 0.15) is 11.5 Å². The molecule has 6 nitrogen and oxygen atoms in total. The van der Waals surface area contributed by atoms with E-state index in [1.807, 2.05) is 36.1 Å². The van der Waals surface area contributed by atoms with Crippen molar-refractivity contribution in [1.29, 1.82) is 0 Å². The normalized spacial score (nSPS) is 19.8. The molecule has 2 aliphatic rings. The first-order valence-corrected chi connectivity index (χ1v) is 11.4. The molecule has 166 valence electrons. The van der Waals surface area contributed by atoms with Gasteiger partial charge in [0.2, 0.25) is 11.8 Å². The summed E-state index contributed by atoms with van der Waals surface area (Å²) in [6.07, 6.45) is 6.22. The second-order valence-electron chi connectivity index (χ2n) is 8.64. The van der Waals surface area contributed by atoms with Gasteiger partial charge in [0.05, 0.1) is 25.3 Å². The van der Waals surface area contributed by atoms with Gasteiger partial charge >= 0.3 is 0 Å². The van der Waals surface area contributed by atoms with Crippen molar-refractivity contribution in [3.63, 3.8) is 0 Å². The van der Waals surface area contributed by atoms with Gasteiger partial charge in [-0.15, -0.1) is 0 Å². The maximum Gasteiger partial charge on any atom is 0.227 e. The van der Waals surface area contributed by atoms with E-state index < -0.39 is 0 Å². The Balaban J connectivity index is 1.20. The van der Waals surface area contributed by atoms with E-state index in [0.29, 0.717) is 32.0 Å². The Hall–Kier alpha value is -2.76. The van der Waals surface area contributed by atoms with Crippen LogP contribution in [0.25, 0.3) is 0 Å². The molecule has 2 fully saturated rings. The van der Waals surface area contributed by atoms with Crippen LogP contribution in [-0.4, -0.2) is 47.9 Å². The smallest absolute Gasteiger partial charge is 0.227 e. The van der Waals surface area contributed by atoms with Gasteiger partial charge in [-0.1, -0.05) is 12.1 Å². The first-order chi connectivity index (χ1) is 15.1. The van der Waals surface area contributed by atoms with Crippen molar-refractivity contribution in [2.24, 2.45) is 11.8 Å². The zero-order chi connectivity index (χ0) is 21.6. The highest BCUT2D eigenvalue weighted by atomic mass is 16.5. The predicted molar refractivity (Wildman–Crippen MR) is 117 cm³/mol. The van der Waals surface area contributed by atoms with Crippen LogP contribution in [0.15, 0.2) is 47.1 Å². The van der Waals surface area contributed by atoms with Crippen LogP contribution in [0.4, 0.5) is 0 Å². The topological polar surface area (TPSA) is 63.0 Å². The Bertz CT molecular complexity index is 854. The monoisotopic (exact) mass is 424 g/mol. The highest BCUT2D eigenvalue weighted by Crippen LogP contribution is 2.27. The zero-order valence-corrected chi connectivity index (χ0v) is 18.3. The molecule has 0 spiro atoms. The number of hydrogen-bond donors (Lipinski definition) is 0. The minimum atomic E-state index is -0.220. The predicted octanol–water partition coefficient (Wildman–Crippen LogP) is 3.90. The van der Waals surface area contributed by atoms with Gasteiger partial charge in [-0.3, -0.25) is 9.59 Å². The van der Waals surface area contributed by atoms with Crippen molar-refractivity contribution in [2.75, 3.05) is 26.2 Å². The van der Waals surface area contributed by atoms with Crippen molar-refractivity contribution in [3.8, 4) is 5.75 Å². The van der Waals surface area contributed by atoms with E-state index in [1.165, 1.54) is 5.56 Å². The quantitative estimate of drug-likeness (QED) is 0.645. The van der Waals surface area contributed by atoms with Crippen molar-refractivity contribution in [1.82, 2.24) is 9.80 Å². The minimum absolute atomic E-state index is 0.0417. The maximum absolute atomic E-state index is 13.0. The summed E-state index contributed by atoms with van der Waals surface area (Å²) in [6, 6.07) is 12.1. The number of rotatable bonds is 8. The van der Waals surface area contributed by atoms with Crippen LogP contribution in [0.1, 0.15) is 43.9 Å². The Morgan fingerprint density at radius 1 is 1.16 bits per heavy atom. The van der Waals surface area contributed by atoms with Crippen LogP contribution in [0, 0.1) is 11.8 Å². The lowest BCUT2D eigenvalue weighted by atomic mass is 9.90. The number of likely N-dealkylation sites (tertiary alicyclic amines) is 2. The molecule has 1 atom stereocenters. The number of carbonyl (C=O) groups excluding carboxylic acids is 2. The Morgan fingerprint density at radius 3 is 2.61 bits per heavy atom. The minimum Gasteiger partial charge on any atom is -0.494 e. The molecule has 1 unspecified atom stereocenters. The van der Waals surface area contributed by atoms with Crippen LogP contribution in [0.3, 0.4) is 0 Å². The van der Waals surface area contributed by atoms with Crippen LogP contribution in [0.5, 0.6) is 5.75 Å². The van der Waals surface area contributed by atoms with Gasteiger partial charge in [-0.05, 0) is 68.4 Å². The zero-order valence-electron chi connectivity index (χ0n) is 18.3. The van der Waals surface area contributed by atoms with Gasteiger partial charge in [0.25, 0.3) is 0 Å². The van der Waals surface area contributed by atoms with Crippen molar-refractivity contribution in [3.05, 3.63) is 54.0 Å².